The fraction of sp³-hybridized carbons (Fsp3) is 0.235. The third-order valence-corrected chi connectivity index (χ3v) is 3.90. The van der Waals surface area contributed by atoms with Crippen LogP contribution in [0, 0.1) is 0 Å². The molecular formula is C17H16O8. The number of esters is 1. The normalized spacial score (nSPS) is 18.9. The molecule has 8 heteroatoms. The lowest BCUT2D eigenvalue weighted by Gasteiger charge is -2.33. The summed E-state index contributed by atoms with van der Waals surface area (Å²) in [4.78, 5) is 11.4. The molecule has 132 valence electrons. The standard InChI is InChI=1S/C17H16O8/c1-7(18)24-15-6-10-11(20)4-9(19)5-14(10)25-17(15)8-2-12(21)16(23)13(22)3-8/h2-5,15,17,19-23H,6H2,1H3/t15-,17+/m1/s1. The molecule has 1 aliphatic heterocycles. The predicted molar refractivity (Wildman–Crippen MR) is 83.8 cm³/mol. The minimum absolute atomic E-state index is 0.0914. The van der Waals surface area contributed by atoms with Crippen LogP contribution in [0.4, 0.5) is 0 Å². The van der Waals surface area contributed by atoms with Gasteiger partial charge in [0.1, 0.15) is 23.4 Å². The maximum Gasteiger partial charge on any atom is 0.303 e. The molecule has 2 aromatic carbocycles. The summed E-state index contributed by atoms with van der Waals surface area (Å²) in [5.74, 6) is -2.63. The SMILES string of the molecule is CC(=O)O[C@@H]1Cc2c(O)cc(O)cc2O[C@H]1c1cc(O)c(O)c(O)c1. The van der Waals surface area contributed by atoms with Gasteiger partial charge in [-0.15, -0.1) is 0 Å². The van der Waals surface area contributed by atoms with Gasteiger partial charge in [-0.05, 0) is 12.1 Å². The summed E-state index contributed by atoms with van der Waals surface area (Å²) < 4.78 is 11.0. The van der Waals surface area contributed by atoms with Crippen LogP contribution in [0.5, 0.6) is 34.5 Å². The summed E-state index contributed by atoms with van der Waals surface area (Å²) in [6.07, 6.45) is -1.70. The first-order valence-corrected chi connectivity index (χ1v) is 7.40. The number of benzene rings is 2. The van der Waals surface area contributed by atoms with Crippen LogP contribution in [-0.2, 0) is 16.0 Å². The van der Waals surface area contributed by atoms with Gasteiger partial charge in [0.25, 0.3) is 0 Å². The number of aromatic hydroxyl groups is 5. The molecule has 0 saturated carbocycles. The van der Waals surface area contributed by atoms with Crippen molar-refractivity contribution in [3.05, 3.63) is 35.4 Å². The van der Waals surface area contributed by atoms with E-state index in [2.05, 4.69) is 0 Å². The van der Waals surface area contributed by atoms with E-state index >= 15 is 0 Å². The van der Waals surface area contributed by atoms with Gasteiger partial charge >= 0.3 is 5.97 Å². The lowest BCUT2D eigenvalue weighted by molar-refractivity contribution is -0.152. The molecule has 0 spiro atoms. The monoisotopic (exact) mass is 348 g/mol. The Hall–Kier alpha value is -3.29. The van der Waals surface area contributed by atoms with Crippen LogP contribution >= 0.6 is 0 Å². The summed E-state index contributed by atoms with van der Waals surface area (Å²) in [5, 5.41) is 48.5. The predicted octanol–water partition coefficient (Wildman–Crippen LogP) is 1.82. The van der Waals surface area contributed by atoms with Crippen LogP contribution < -0.4 is 4.74 Å². The zero-order chi connectivity index (χ0) is 18.3. The van der Waals surface area contributed by atoms with Crippen LogP contribution in [0.3, 0.4) is 0 Å². The number of phenols is 5. The van der Waals surface area contributed by atoms with Crippen molar-refractivity contribution in [3.8, 4) is 34.5 Å². The van der Waals surface area contributed by atoms with Gasteiger partial charge in [-0.1, -0.05) is 0 Å². The van der Waals surface area contributed by atoms with Crippen molar-refractivity contribution < 1.29 is 39.8 Å². The number of rotatable bonds is 2. The Labute approximate surface area is 142 Å². The van der Waals surface area contributed by atoms with E-state index in [0.717, 1.165) is 6.07 Å². The summed E-state index contributed by atoms with van der Waals surface area (Å²) in [6.45, 7) is 1.22. The van der Waals surface area contributed by atoms with Crippen molar-refractivity contribution in [3.63, 3.8) is 0 Å². The molecule has 3 rings (SSSR count). The summed E-state index contributed by atoms with van der Waals surface area (Å²) in [6, 6.07) is 4.78. The Kier molecular flexibility index (Phi) is 3.96. The third-order valence-electron chi connectivity index (χ3n) is 3.90. The Morgan fingerprint density at radius 2 is 1.68 bits per heavy atom. The fourth-order valence-electron chi connectivity index (χ4n) is 2.84. The molecule has 1 aliphatic rings. The number of phenolic OH excluding ortho intramolecular Hbond substituents is 5. The number of hydrogen-bond donors (Lipinski definition) is 5. The fourth-order valence-corrected chi connectivity index (χ4v) is 2.84. The minimum Gasteiger partial charge on any atom is -0.508 e. The Bertz CT molecular complexity index is 822. The van der Waals surface area contributed by atoms with Gasteiger partial charge in [0.2, 0.25) is 0 Å². The molecule has 0 saturated heterocycles. The van der Waals surface area contributed by atoms with Crippen molar-refractivity contribution in [1.29, 1.82) is 0 Å². The first-order chi connectivity index (χ1) is 11.8. The molecule has 0 radical (unpaired) electrons. The molecule has 5 N–H and O–H groups in total. The maximum absolute atomic E-state index is 11.4. The molecule has 0 aliphatic carbocycles. The van der Waals surface area contributed by atoms with Crippen molar-refractivity contribution in [1.82, 2.24) is 0 Å². The maximum atomic E-state index is 11.4. The highest BCUT2D eigenvalue weighted by Crippen LogP contribution is 2.45. The topological polar surface area (TPSA) is 137 Å². The minimum atomic E-state index is -0.935. The highest BCUT2D eigenvalue weighted by molar-refractivity contribution is 5.66. The van der Waals surface area contributed by atoms with Crippen molar-refractivity contribution in [2.45, 2.75) is 25.6 Å². The van der Waals surface area contributed by atoms with E-state index in [4.69, 9.17) is 9.47 Å². The summed E-state index contributed by atoms with van der Waals surface area (Å²) in [7, 11) is 0. The zero-order valence-corrected chi connectivity index (χ0v) is 13.1. The van der Waals surface area contributed by atoms with Crippen LogP contribution in [0.25, 0.3) is 0 Å². The van der Waals surface area contributed by atoms with Crippen LogP contribution in [0.2, 0.25) is 0 Å². The lowest BCUT2D eigenvalue weighted by Crippen LogP contribution is -2.34. The van der Waals surface area contributed by atoms with Crippen LogP contribution in [0.15, 0.2) is 24.3 Å². The van der Waals surface area contributed by atoms with E-state index in [0.29, 0.717) is 5.56 Å². The van der Waals surface area contributed by atoms with E-state index < -0.39 is 35.4 Å². The average Bonchev–Trinajstić information content (AvgIpc) is 2.51. The first kappa shape index (κ1) is 16.6. The van der Waals surface area contributed by atoms with Crippen molar-refractivity contribution in [2.24, 2.45) is 0 Å². The number of carbonyl (C=O) groups excluding carboxylic acids is 1. The van der Waals surface area contributed by atoms with Crippen molar-refractivity contribution in [2.75, 3.05) is 0 Å². The number of hydrogen-bond acceptors (Lipinski definition) is 8. The number of ether oxygens (including phenoxy) is 2. The van der Waals surface area contributed by atoms with Crippen LogP contribution in [0.1, 0.15) is 24.2 Å². The molecule has 2 atom stereocenters. The number of carbonyl (C=O) groups is 1. The van der Waals surface area contributed by atoms with E-state index in [9.17, 15) is 30.3 Å². The van der Waals surface area contributed by atoms with Gasteiger partial charge in [-0.3, -0.25) is 4.79 Å². The summed E-state index contributed by atoms with van der Waals surface area (Å²) in [5.41, 5.74) is 0.597. The van der Waals surface area contributed by atoms with E-state index in [-0.39, 0.29) is 29.2 Å². The third kappa shape index (κ3) is 3.06. The average molecular weight is 348 g/mol. The molecule has 0 amide bonds. The second-order valence-electron chi connectivity index (χ2n) is 5.74. The Morgan fingerprint density at radius 1 is 1.04 bits per heavy atom. The highest BCUT2D eigenvalue weighted by Gasteiger charge is 2.36. The second-order valence-corrected chi connectivity index (χ2v) is 5.74. The van der Waals surface area contributed by atoms with E-state index in [1.165, 1.54) is 25.1 Å². The quantitative estimate of drug-likeness (QED) is 0.409. The molecular weight excluding hydrogens is 332 g/mol. The van der Waals surface area contributed by atoms with Gasteiger partial charge in [-0.25, -0.2) is 0 Å². The number of fused-ring (bicyclic) bond motifs is 1. The molecule has 0 unspecified atom stereocenters. The van der Waals surface area contributed by atoms with Gasteiger partial charge in [-0.2, -0.15) is 0 Å². The molecule has 25 heavy (non-hydrogen) atoms. The molecule has 1 heterocycles. The lowest BCUT2D eigenvalue weighted by atomic mass is 9.93. The van der Waals surface area contributed by atoms with E-state index in [1.807, 2.05) is 0 Å². The van der Waals surface area contributed by atoms with Gasteiger partial charge < -0.3 is 35.0 Å². The first-order valence-electron chi connectivity index (χ1n) is 7.40. The summed E-state index contributed by atoms with van der Waals surface area (Å²) >= 11 is 0. The molecule has 8 nitrogen and oxygen atoms in total. The smallest absolute Gasteiger partial charge is 0.303 e. The van der Waals surface area contributed by atoms with Crippen LogP contribution in [-0.4, -0.2) is 37.6 Å². The van der Waals surface area contributed by atoms with E-state index in [1.54, 1.807) is 0 Å². The van der Waals surface area contributed by atoms with Gasteiger partial charge in [0, 0.05) is 36.6 Å². The van der Waals surface area contributed by atoms with Gasteiger partial charge in [0.15, 0.2) is 23.4 Å². The molecule has 2 aromatic rings. The molecule has 0 aromatic heterocycles. The molecule has 0 fully saturated rings. The largest absolute Gasteiger partial charge is 0.508 e. The second kappa shape index (κ2) is 5.97. The Balaban J connectivity index is 2.07. The van der Waals surface area contributed by atoms with Crippen molar-refractivity contribution >= 4 is 5.97 Å². The highest BCUT2D eigenvalue weighted by atomic mass is 16.6. The Morgan fingerprint density at radius 3 is 2.28 bits per heavy atom. The molecule has 0 bridgehead atoms. The van der Waals surface area contributed by atoms with Gasteiger partial charge in [0.05, 0.1) is 0 Å². The zero-order valence-electron chi connectivity index (χ0n) is 13.1.